The SMILES string of the molecule is Cc1ccc(NC(=O)COC(=O)[C@@H](C)N2C(=O)c3c(Cl)c(Cl)c(Cl)c(Cl)c3C2=O)cc1[N+](=O)[O-]. The number of ether oxygens (including phenoxy) is 1. The number of nitrogens with one attached hydrogen (secondary N) is 1. The first-order valence-electron chi connectivity index (χ1n) is 9.32. The van der Waals surface area contributed by atoms with E-state index in [1.54, 1.807) is 0 Å². The van der Waals surface area contributed by atoms with Gasteiger partial charge in [-0.3, -0.25) is 29.4 Å². The lowest BCUT2D eigenvalue weighted by molar-refractivity contribution is -0.385. The highest BCUT2D eigenvalue weighted by atomic mass is 35.5. The summed E-state index contributed by atoms with van der Waals surface area (Å²) in [6.45, 7) is 1.96. The van der Waals surface area contributed by atoms with Crippen molar-refractivity contribution in [2.75, 3.05) is 11.9 Å². The van der Waals surface area contributed by atoms with Crippen LogP contribution < -0.4 is 5.32 Å². The molecule has 0 radical (unpaired) electrons. The summed E-state index contributed by atoms with van der Waals surface area (Å²) >= 11 is 24.0. The molecule has 1 N–H and O–H groups in total. The lowest BCUT2D eigenvalue weighted by Crippen LogP contribution is -2.44. The van der Waals surface area contributed by atoms with Gasteiger partial charge in [-0.05, 0) is 19.9 Å². The largest absolute Gasteiger partial charge is 0.454 e. The van der Waals surface area contributed by atoms with Gasteiger partial charge in [-0.2, -0.15) is 0 Å². The highest BCUT2D eigenvalue weighted by Crippen LogP contribution is 2.45. The standard InChI is InChI=1S/C20H13Cl4N3O7/c1-7-3-4-9(5-10(7)27(32)33)25-11(28)6-34-20(31)8(2)26-18(29)12-13(19(26)30)15(22)17(24)16(23)14(12)21/h3-5,8H,6H2,1-2H3,(H,25,28)/t8-/m1/s1. The van der Waals surface area contributed by atoms with Gasteiger partial charge in [0.2, 0.25) is 0 Å². The smallest absolute Gasteiger partial charge is 0.329 e. The molecule has 2 aromatic carbocycles. The van der Waals surface area contributed by atoms with Crippen LogP contribution in [0.3, 0.4) is 0 Å². The molecule has 1 atom stereocenters. The van der Waals surface area contributed by atoms with Crippen molar-refractivity contribution in [2.45, 2.75) is 19.9 Å². The molecule has 0 aromatic heterocycles. The molecule has 0 unspecified atom stereocenters. The molecular formula is C20H13Cl4N3O7. The van der Waals surface area contributed by atoms with E-state index in [9.17, 15) is 29.3 Å². The Labute approximate surface area is 211 Å². The first-order valence-corrected chi connectivity index (χ1v) is 10.8. The van der Waals surface area contributed by atoms with Gasteiger partial charge in [0.25, 0.3) is 23.4 Å². The van der Waals surface area contributed by atoms with Gasteiger partial charge in [-0.25, -0.2) is 4.79 Å². The van der Waals surface area contributed by atoms with Crippen molar-refractivity contribution in [3.05, 3.63) is 65.1 Å². The molecule has 2 aromatic rings. The zero-order valence-electron chi connectivity index (χ0n) is 17.3. The van der Waals surface area contributed by atoms with Gasteiger partial charge >= 0.3 is 5.97 Å². The van der Waals surface area contributed by atoms with Crippen molar-refractivity contribution in [2.24, 2.45) is 0 Å². The Morgan fingerprint density at radius 1 is 1.06 bits per heavy atom. The van der Waals surface area contributed by atoms with Gasteiger partial charge in [-0.1, -0.05) is 52.5 Å². The zero-order valence-corrected chi connectivity index (χ0v) is 20.3. The predicted molar refractivity (Wildman–Crippen MR) is 124 cm³/mol. The van der Waals surface area contributed by atoms with Crippen LogP contribution in [0.25, 0.3) is 0 Å². The molecule has 3 rings (SSSR count). The molecule has 3 amide bonds. The third kappa shape index (κ3) is 4.54. The minimum atomic E-state index is -1.45. The number of nitrogens with zero attached hydrogens (tertiary/aromatic N) is 2. The molecule has 0 spiro atoms. The fraction of sp³-hybridized carbons (Fsp3) is 0.200. The number of nitro benzene ring substituents is 1. The fourth-order valence-corrected chi connectivity index (χ4v) is 4.18. The molecule has 0 saturated heterocycles. The van der Waals surface area contributed by atoms with Crippen molar-refractivity contribution < 1.29 is 28.8 Å². The fourth-order valence-electron chi connectivity index (χ4n) is 3.16. The van der Waals surface area contributed by atoms with Gasteiger partial charge < -0.3 is 10.1 Å². The number of benzene rings is 2. The second-order valence-corrected chi connectivity index (χ2v) is 8.59. The van der Waals surface area contributed by atoms with Crippen LogP contribution >= 0.6 is 46.4 Å². The van der Waals surface area contributed by atoms with Gasteiger partial charge in [0, 0.05) is 17.3 Å². The van der Waals surface area contributed by atoms with Crippen LogP contribution in [0.4, 0.5) is 11.4 Å². The van der Waals surface area contributed by atoms with Crippen molar-refractivity contribution in [1.29, 1.82) is 0 Å². The summed E-state index contributed by atoms with van der Waals surface area (Å²) < 4.78 is 4.91. The van der Waals surface area contributed by atoms with Gasteiger partial charge in [0.05, 0.1) is 36.1 Å². The van der Waals surface area contributed by atoms with E-state index in [1.165, 1.54) is 26.0 Å². The number of hydrogen-bond donors (Lipinski definition) is 1. The number of halogens is 4. The Balaban J connectivity index is 1.70. The summed E-state index contributed by atoms with van der Waals surface area (Å²) in [6.07, 6.45) is 0. The quantitative estimate of drug-likeness (QED) is 0.138. The maximum Gasteiger partial charge on any atom is 0.329 e. The van der Waals surface area contributed by atoms with Crippen LogP contribution in [0.2, 0.25) is 20.1 Å². The number of hydrogen-bond acceptors (Lipinski definition) is 7. The molecular weight excluding hydrogens is 536 g/mol. The van der Waals surface area contributed by atoms with Gasteiger partial charge in [0.1, 0.15) is 6.04 Å². The molecule has 0 aliphatic carbocycles. The number of imide groups is 1. The van der Waals surface area contributed by atoms with Crippen LogP contribution in [0.5, 0.6) is 0 Å². The van der Waals surface area contributed by atoms with Crippen molar-refractivity contribution >= 4 is 81.5 Å². The second kappa shape index (κ2) is 9.75. The van der Waals surface area contributed by atoms with E-state index in [4.69, 9.17) is 51.1 Å². The average molecular weight is 549 g/mol. The number of fused-ring (bicyclic) bond motifs is 1. The number of rotatable bonds is 6. The van der Waals surface area contributed by atoms with E-state index in [0.29, 0.717) is 10.5 Å². The third-order valence-electron chi connectivity index (χ3n) is 4.90. The summed E-state index contributed by atoms with van der Waals surface area (Å²) in [4.78, 5) is 61.2. The summed E-state index contributed by atoms with van der Waals surface area (Å²) in [5.41, 5.74) is -0.294. The number of nitro groups is 1. The molecule has 0 fully saturated rings. The van der Waals surface area contributed by atoms with Crippen molar-refractivity contribution in [1.82, 2.24) is 4.90 Å². The summed E-state index contributed by atoms with van der Waals surface area (Å²) in [6, 6.07) is 2.58. The second-order valence-electron chi connectivity index (χ2n) is 7.08. The maximum absolute atomic E-state index is 12.8. The molecule has 1 aliphatic rings. The predicted octanol–water partition coefficient (Wildman–Crippen LogP) is 4.68. The average Bonchev–Trinajstić information content (AvgIpc) is 3.05. The topological polar surface area (TPSA) is 136 Å². The minimum Gasteiger partial charge on any atom is -0.454 e. The van der Waals surface area contributed by atoms with Crippen molar-refractivity contribution in [3.8, 4) is 0 Å². The van der Waals surface area contributed by atoms with Crippen LogP contribution in [0.15, 0.2) is 18.2 Å². The number of aryl methyl sites for hydroxylation is 1. The molecule has 0 saturated carbocycles. The molecule has 1 aliphatic heterocycles. The van der Waals surface area contributed by atoms with E-state index >= 15 is 0 Å². The minimum absolute atomic E-state index is 0.116. The Kier molecular flexibility index (Phi) is 7.37. The first kappa shape index (κ1) is 25.7. The lowest BCUT2D eigenvalue weighted by atomic mass is 10.1. The number of carbonyl (C=O) groups is 4. The molecule has 14 heteroatoms. The van der Waals surface area contributed by atoms with E-state index in [0.717, 1.165) is 6.07 Å². The molecule has 0 bridgehead atoms. The number of carbonyl (C=O) groups excluding carboxylic acids is 4. The monoisotopic (exact) mass is 547 g/mol. The lowest BCUT2D eigenvalue weighted by Gasteiger charge is -2.20. The first-order chi connectivity index (χ1) is 15.9. The Hall–Kier alpha value is -2.92. The van der Waals surface area contributed by atoms with Gasteiger partial charge in [-0.15, -0.1) is 0 Å². The van der Waals surface area contributed by atoms with Crippen molar-refractivity contribution in [3.63, 3.8) is 0 Å². The number of anilines is 1. The maximum atomic E-state index is 12.8. The van der Waals surface area contributed by atoms with E-state index < -0.39 is 41.3 Å². The van der Waals surface area contributed by atoms with Crippen LogP contribution in [-0.4, -0.2) is 46.2 Å². The third-order valence-corrected chi connectivity index (χ3v) is 6.70. The molecule has 178 valence electrons. The highest BCUT2D eigenvalue weighted by Gasteiger charge is 2.45. The van der Waals surface area contributed by atoms with E-state index in [1.807, 2.05) is 0 Å². The van der Waals surface area contributed by atoms with Crippen LogP contribution in [-0.2, 0) is 14.3 Å². The Morgan fingerprint density at radius 3 is 2.09 bits per heavy atom. The summed E-state index contributed by atoms with van der Waals surface area (Å²) in [7, 11) is 0. The Bertz CT molecular complexity index is 1230. The zero-order chi connectivity index (χ0) is 25.5. The van der Waals surface area contributed by atoms with Crippen LogP contribution in [0, 0.1) is 17.0 Å². The van der Waals surface area contributed by atoms with Crippen LogP contribution in [0.1, 0.15) is 33.2 Å². The number of esters is 1. The Morgan fingerprint density at radius 2 is 1.59 bits per heavy atom. The van der Waals surface area contributed by atoms with Gasteiger partial charge in [0.15, 0.2) is 6.61 Å². The molecule has 34 heavy (non-hydrogen) atoms. The number of amides is 3. The normalized spacial score (nSPS) is 13.5. The van der Waals surface area contributed by atoms with E-state index in [2.05, 4.69) is 5.32 Å². The van der Waals surface area contributed by atoms with E-state index in [-0.39, 0.29) is 42.6 Å². The highest BCUT2D eigenvalue weighted by molar-refractivity contribution is 6.55. The molecule has 1 heterocycles. The molecule has 10 nitrogen and oxygen atoms in total. The summed E-state index contributed by atoms with van der Waals surface area (Å²) in [5, 5.41) is 12.3. The summed E-state index contributed by atoms with van der Waals surface area (Å²) in [5.74, 6) is -3.76.